The molecule has 3 nitrogen and oxygen atoms in total. The minimum Gasteiger partial charge on any atom is -0.337 e. The van der Waals surface area contributed by atoms with Gasteiger partial charge in [0.15, 0.2) is 0 Å². The van der Waals surface area contributed by atoms with Crippen molar-refractivity contribution in [3.63, 3.8) is 0 Å². The first kappa shape index (κ1) is 14.5. The third kappa shape index (κ3) is 3.36. The molecule has 0 aliphatic carbocycles. The first-order valence-corrected chi connectivity index (χ1v) is 6.79. The van der Waals surface area contributed by atoms with E-state index in [4.69, 9.17) is 11.6 Å². The van der Waals surface area contributed by atoms with Crippen LogP contribution in [0.25, 0.3) is 0 Å². The Morgan fingerprint density at radius 2 is 1.95 bits per heavy atom. The highest BCUT2D eigenvalue weighted by atomic mass is 35.5. The Labute approximate surface area is 124 Å². The number of hydrogen-bond donors (Lipinski definition) is 0. The van der Waals surface area contributed by atoms with Crippen molar-refractivity contribution in [1.82, 2.24) is 9.88 Å². The Kier molecular flexibility index (Phi) is 4.40. The number of halogens is 1. The zero-order valence-corrected chi connectivity index (χ0v) is 12.6. The minimum atomic E-state index is -0.0550. The van der Waals surface area contributed by atoms with E-state index < -0.39 is 0 Å². The number of carbonyl (C=O) groups excluding carboxylic acids is 1. The van der Waals surface area contributed by atoms with Crippen molar-refractivity contribution < 1.29 is 4.79 Å². The van der Waals surface area contributed by atoms with Crippen LogP contribution in [0.15, 0.2) is 36.4 Å². The lowest BCUT2D eigenvalue weighted by Crippen LogP contribution is -2.26. The fourth-order valence-electron chi connectivity index (χ4n) is 2.09. The number of amides is 1. The second kappa shape index (κ2) is 6.06. The van der Waals surface area contributed by atoms with E-state index in [0.717, 1.165) is 11.3 Å². The molecular formula is C16H17ClN2O. The summed E-state index contributed by atoms with van der Waals surface area (Å²) >= 11 is 5.90. The second-order valence-corrected chi connectivity index (χ2v) is 5.29. The van der Waals surface area contributed by atoms with Crippen molar-refractivity contribution in [2.75, 3.05) is 7.05 Å². The molecule has 1 aromatic carbocycles. The van der Waals surface area contributed by atoms with Gasteiger partial charge in [0.1, 0.15) is 5.15 Å². The molecular weight excluding hydrogens is 272 g/mol. The third-order valence-electron chi connectivity index (χ3n) is 3.18. The van der Waals surface area contributed by atoms with Crippen molar-refractivity contribution in [3.05, 3.63) is 63.9 Å². The maximum atomic E-state index is 12.4. The van der Waals surface area contributed by atoms with Gasteiger partial charge < -0.3 is 4.90 Å². The number of nitrogens with zero attached hydrogens (tertiary/aromatic N) is 2. The predicted molar refractivity (Wildman–Crippen MR) is 81.0 cm³/mol. The van der Waals surface area contributed by atoms with Gasteiger partial charge in [-0.05, 0) is 37.1 Å². The van der Waals surface area contributed by atoms with Gasteiger partial charge in [0.05, 0.1) is 0 Å². The maximum Gasteiger partial charge on any atom is 0.254 e. The van der Waals surface area contributed by atoms with Crippen LogP contribution in [-0.4, -0.2) is 22.8 Å². The Bertz CT molecular complexity index is 620. The lowest BCUT2D eigenvalue weighted by atomic mass is 10.1. The molecule has 0 fully saturated rings. The minimum absolute atomic E-state index is 0.0550. The summed E-state index contributed by atoms with van der Waals surface area (Å²) < 4.78 is 0. The lowest BCUT2D eigenvalue weighted by molar-refractivity contribution is 0.0784. The average molecular weight is 289 g/mol. The SMILES string of the molecule is Cc1cc(C(=O)N(C)Cc2ccccc2C)cc(Cl)n1. The molecule has 0 radical (unpaired) electrons. The second-order valence-electron chi connectivity index (χ2n) is 4.91. The van der Waals surface area contributed by atoms with E-state index in [2.05, 4.69) is 4.98 Å². The van der Waals surface area contributed by atoms with Crippen molar-refractivity contribution >= 4 is 17.5 Å². The Morgan fingerprint density at radius 1 is 1.25 bits per heavy atom. The Morgan fingerprint density at radius 3 is 2.60 bits per heavy atom. The molecule has 1 amide bonds. The molecule has 0 spiro atoms. The van der Waals surface area contributed by atoms with E-state index >= 15 is 0 Å². The van der Waals surface area contributed by atoms with Crippen LogP contribution in [0.5, 0.6) is 0 Å². The van der Waals surface area contributed by atoms with E-state index in [1.165, 1.54) is 5.56 Å². The van der Waals surface area contributed by atoms with Gasteiger partial charge in [0.25, 0.3) is 5.91 Å². The zero-order chi connectivity index (χ0) is 14.7. The molecule has 0 saturated carbocycles. The largest absolute Gasteiger partial charge is 0.337 e. The topological polar surface area (TPSA) is 33.2 Å². The fourth-order valence-corrected chi connectivity index (χ4v) is 2.34. The number of aryl methyl sites for hydroxylation is 2. The maximum absolute atomic E-state index is 12.4. The first-order chi connectivity index (χ1) is 9.47. The molecule has 0 aliphatic heterocycles. The highest BCUT2D eigenvalue weighted by Gasteiger charge is 2.14. The third-order valence-corrected chi connectivity index (χ3v) is 3.38. The molecule has 1 aromatic heterocycles. The molecule has 20 heavy (non-hydrogen) atoms. The summed E-state index contributed by atoms with van der Waals surface area (Å²) in [6.07, 6.45) is 0. The molecule has 4 heteroatoms. The van der Waals surface area contributed by atoms with Gasteiger partial charge in [-0.2, -0.15) is 0 Å². The van der Waals surface area contributed by atoms with Crippen LogP contribution >= 0.6 is 11.6 Å². The monoisotopic (exact) mass is 288 g/mol. The van der Waals surface area contributed by atoms with Crippen molar-refractivity contribution in [2.45, 2.75) is 20.4 Å². The molecule has 2 aromatic rings. The fraction of sp³-hybridized carbons (Fsp3) is 0.250. The van der Waals surface area contributed by atoms with E-state index in [1.54, 1.807) is 24.1 Å². The summed E-state index contributed by atoms with van der Waals surface area (Å²) in [6.45, 7) is 4.44. The van der Waals surface area contributed by atoms with Crippen molar-refractivity contribution in [2.24, 2.45) is 0 Å². The van der Waals surface area contributed by atoms with E-state index in [9.17, 15) is 4.79 Å². The van der Waals surface area contributed by atoms with Crippen LogP contribution in [-0.2, 0) is 6.54 Å². The van der Waals surface area contributed by atoms with Gasteiger partial charge >= 0.3 is 0 Å². The molecule has 0 bridgehead atoms. The predicted octanol–water partition coefficient (Wildman–Crippen LogP) is 3.62. The summed E-state index contributed by atoms with van der Waals surface area (Å²) in [7, 11) is 1.79. The smallest absolute Gasteiger partial charge is 0.254 e. The summed E-state index contributed by atoms with van der Waals surface area (Å²) in [6, 6.07) is 11.4. The Hall–Kier alpha value is -1.87. The normalized spacial score (nSPS) is 10.4. The van der Waals surface area contributed by atoms with E-state index in [0.29, 0.717) is 17.3 Å². The molecule has 1 heterocycles. The summed E-state index contributed by atoms with van der Waals surface area (Å²) in [5, 5.41) is 0.345. The van der Waals surface area contributed by atoms with Crippen LogP contribution < -0.4 is 0 Å². The quantitative estimate of drug-likeness (QED) is 0.808. The number of rotatable bonds is 3. The van der Waals surface area contributed by atoms with Crippen LogP contribution in [0.2, 0.25) is 5.15 Å². The van der Waals surface area contributed by atoms with Gasteiger partial charge in [-0.15, -0.1) is 0 Å². The molecule has 0 N–H and O–H groups in total. The number of benzene rings is 1. The molecule has 0 saturated heterocycles. The Balaban J connectivity index is 2.18. The number of pyridine rings is 1. The van der Waals surface area contributed by atoms with Gasteiger partial charge in [-0.1, -0.05) is 35.9 Å². The molecule has 0 unspecified atom stereocenters. The molecule has 2 rings (SSSR count). The summed E-state index contributed by atoms with van der Waals surface area (Å²) in [5.41, 5.74) is 3.63. The van der Waals surface area contributed by atoms with Crippen LogP contribution in [0.4, 0.5) is 0 Å². The van der Waals surface area contributed by atoms with E-state index in [1.807, 2.05) is 38.1 Å². The number of aromatic nitrogens is 1. The average Bonchev–Trinajstić information content (AvgIpc) is 2.39. The van der Waals surface area contributed by atoms with Gasteiger partial charge in [0.2, 0.25) is 0 Å². The van der Waals surface area contributed by atoms with Crippen molar-refractivity contribution in [3.8, 4) is 0 Å². The van der Waals surface area contributed by atoms with Crippen LogP contribution in [0, 0.1) is 13.8 Å². The summed E-state index contributed by atoms with van der Waals surface area (Å²) in [4.78, 5) is 18.2. The van der Waals surface area contributed by atoms with Crippen LogP contribution in [0.1, 0.15) is 27.2 Å². The van der Waals surface area contributed by atoms with E-state index in [-0.39, 0.29) is 5.91 Å². The zero-order valence-electron chi connectivity index (χ0n) is 11.9. The molecule has 0 aliphatic rings. The first-order valence-electron chi connectivity index (χ1n) is 6.41. The highest BCUT2D eigenvalue weighted by molar-refractivity contribution is 6.29. The summed E-state index contributed by atoms with van der Waals surface area (Å²) in [5.74, 6) is -0.0550. The molecule has 0 atom stereocenters. The van der Waals surface area contributed by atoms with Gasteiger partial charge in [0, 0.05) is 24.8 Å². The van der Waals surface area contributed by atoms with Crippen molar-refractivity contribution in [1.29, 1.82) is 0 Å². The van der Waals surface area contributed by atoms with Gasteiger partial charge in [-0.3, -0.25) is 4.79 Å². The van der Waals surface area contributed by atoms with Gasteiger partial charge in [-0.25, -0.2) is 4.98 Å². The lowest BCUT2D eigenvalue weighted by Gasteiger charge is -2.19. The standard InChI is InChI=1S/C16H17ClN2O/c1-11-6-4-5-7-13(11)10-19(3)16(20)14-8-12(2)18-15(17)9-14/h4-9H,10H2,1-3H3. The van der Waals surface area contributed by atoms with Crippen LogP contribution in [0.3, 0.4) is 0 Å². The molecule has 104 valence electrons. The highest BCUT2D eigenvalue weighted by Crippen LogP contribution is 2.15. The number of carbonyl (C=O) groups is 1. The number of hydrogen-bond acceptors (Lipinski definition) is 2.